The summed E-state index contributed by atoms with van der Waals surface area (Å²) in [5, 5.41) is 18.8. The van der Waals surface area contributed by atoms with Crippen LogP contribution in [0, 0.1) is 0 Å². The Balaban J connectivity index is 1.28. The molecule has 1 saturated heterocycles. The van der Waals surface area contributed by atoms with Gasteiger partial charge in [-0.25, -0.2) is 14.6 Å². The third-order valence-corrected chi connectivity index (χ3v) is 7.22. The maximum Gasteiger partial charge on any atom is 0.273 e. The van der Waals surface area contributed by atoms with E-state index >= 15 is 0 Å². The largest absolute Gasteiger partial charge is 0.378 e. The summed E-state index contributed by atoms with van der Waals surface area (Å²) in [5.74, 6) is 0.285. The highest BCUT2D eigenvalue weighted by Crippen LogP contribution is 2.32. The van der Waals surface area contributed by atoms with Gasteiger partial charge in [-0.2, -0.15) is 5.10 Å². The van der Waals surface area contributed by atoms with E-state index < -0.39 is 0 Å². The van der Waals surface area contributed by atoms with Gasteiger partial charge in [-0.15, -0.1) is 5.10 Å². The third-order valence-electron chi connectivity index (χ3n) is 7.22. The Hall–Kier alpha value is -4.16. The fourth-order valence-electron chi connectivity index (χ4n) is 4.95. The smallest absolute Gasteiger partial charge is 0.273 e. The van der Waals surface area contributed by atoms with Crippen molar-refractivity contribution in [3.63, 3.8) is 0 Å². The van der Waals surface area contributed by atoms with E-state index in [0.717, 1.165) is 60.8 Å². The minimum atomic E-state index is -0.218. The van der Waals surface area contributed by atoms with Gasteiger partial charge in [-0.05, 0) is 43.5 Å². The number of nitrogens with one attached hydrogen (secondary N) is 2. The van der Waals surface area contributed by atoms with Crippen molar-refractivity contribution in [2.24, 2.45) is 7.05 Å². The number of ether oxygens (including phenoxy) is 1. The fraction of sp³-hybridized carbons (Fsp3) is 0.407. The van der Waals surface area contributed by atoms with Crippen LogP contribution in [0.2, 0.25) is 0 Å². The van der Waals surface area contributed by atoms with Gasteiger partial charge >= 0.3 is 0 Å². The van der Waals surface area contributed by atoms with Crippen LogP contribution in [0.5, 0.6) is 0 Å². The normalized spacial score (nSPS) is 17.9. The second kappa shape index (κ2) is 10.5. The summed E-state index contributed by atoms with van der Waals surface area (Å²) in [6.07, 6.45) is 7.84. The first-order valence-electron chi connectivity index (χ1n) is 13.2. The van der Waals surface area contributed by atoms with E-state index in [9.17, 15) is 4.79 Å². The lowest BCUT2D eigenvalue weighted by molar-refractivity contribution is -0.0678. The zero-order valence-electron chi connectivity index (χ0n) is 22.3. The summed E-state index contributed by atoms with van der Waals surface area (Å²) in [4.78, 5) is 24.7. The highest BCUT2D eigenvalue weighted by Gasteiger charge is 2.31. The van der Waals surface area contributed by atoms with Crippen molar-refractivity contribution in [1.82, 2.24) is 45.0 Å². The van der Waals surface area contributed by atoms with Crippen molar-refractivity contribution < 1.29 is 9.53 Å². The molecule has 6 rings (SSSR count). The minimum absolute atomic E-state index is 0.135. The molecule has 0 bridgehead atoms. The van der Waals surface area contributed by atoms with Gasteiger partial charge in [0.15, 0.2) is 5.69 Å². The molecule has 202 valence electrons. The lowest BCUT2D eigenvalue weighted by Crippen LogP contribution is -2.48. The van der Waals surface area contributed by atoms with Crippen LogP contribution in [-0.4, -0.2) is 71.3 Å². The molecule has 4 aromatic rings. The number of benzene rings is 1. The van der Waals surface area contributed by atoms with Crippen LogP contribution in [0.25, 0.3) is 11.3 Å². The molecule has 5 heterocycles. The number of amides is 1. The monoisotopic (exact) mass is 528 g/mol. The quantitative estimate of drug-likeness (QED) is 0.372. The van der Waals surface area contributed by atoms with Crippen LogP contribution in [0.4, 0.5) is 11.6 Å². The molecule has 2 aliphatic heterocycles. The first-order valence-corrected chi connectivity index (χ1v) is 13.2. The Morgan fingerprint density at radius 2 is 2.05 bits per heavy atom. The zero-order valence-corrected chi connectivity index (χ0v) is 22.3. The third kappa shape index (κ3) is 5.38. The number of nitrogens with zero attached hydrogens (tertiary/aromatic N) is 8. The van der Waals surface area contributed by atoms with E-state index in [-0.39, 0.29) is 18.0 Å². The number of anilines is 2. The molecule has 1 amide bonds. The summed E-state index contributed by atoms with van der Waals surface area (Å²) < 4.78 is 8.90. The van der Waals surface area contributed by atoms with Gasteiger partial charge < -0.3 is 15.4 Å². The molecule has 12 nitrogen and oxygen atoms in total. The number of hydrogen-bond donors (Lipinski definition) is 2. The number of aryl methyl sites for hydroxylation is 1. The second-order valence-corrected chi connectivity index (χ2v) is 10.4. The molecule has 3 aromatic heterocycles. The van der Waals surface area contributed by atoms with Crippen LogP contribution in [0.15, 0.2) is 49.1 Å². The highest BCUT2D eigenvalue weighted by atomic mass is 16.5. The van der Waals surface area contributed by atoms with Gasteiger partial charge in [0.25, 0.3) is 5.91 Å². The Labute approximate surface area is 226 Å². The topological polar surface area (TPSA) is 128 Å². The van der Waals surface area contributed by atoms with Crippen LogP contribution >= 0.6 is 0 Å². The molecule has 0 saturated carbocycles. The number of hydrogen-bond acceptors (Lipinski definition) is 9. The number of aromatic nitrogens is 7. The molecule has 0 spiro atoms. The molecule has 1 atom stereocenters. The zero-order chi connectivity index (χ0) is 26.9. The van der Waals surface area contributed by atoms with Crippen molar-refractivity contribution in [1.29, 1.82) is 0 Å². The predicted octanol–water partition coefficient (Wildman–Crippen LogP) is 2.87. The van der Waals surface area contributed by atoms with E-state index in [2.05, 4.69) is 54.1 Å². The number of rotatable bonds is 7. The molecular formula is C27H32N10O2. The van der Waals surface area contributed by atoms with Crippen molar-refractivity contribution in [2.75, 3.05) is 25.1 Å². The summed E-state index contributed by atoms with van der Waals surface area (Å²) in [6, 6.07) is 8.62. The Kier molecular flexibility index (Phi) is 6.79. The van der Waals surface area contributed by atoms with Gasteiger partial charge in [0.2, 0.25) is 5.95 Å². The van der Waals surface area contributed by atoms with Gasteiger partial charge in [-0.1, -0.05) is 17.3 Å². The molecule has 2 aliphatic rings. The summed E-state index contributed by atoms with van der Waals surface area (Å²) >= 11 is 0. The summed E-state index contributed by atoms with van der Waals surface area (Å²) in [7, 11) is 1.86. The SMILES string of the molecule is CC(C)n1cc(C(=O)N[C@H]2CCN(C3COC3)Cc3cc(-c4ccnc(Nc5cnn(C)c5)n4)ccc32)nn1. The molecule has 1 aromatic carbocycles. The summed E-state index contributed by atoms with van der Waals surface area (Å²) in [6.45, 7) is 7.11. The van der Waals surface area contributed by atoms with Crippen molar-refractivity contribution in [2.45, 2.75) is 44.9 Å². The molecule has 0 unspecified atom stereocenters. The molecule has 12 heteroatoms. The van der Waals surface area contributed by atoms with E-state index in [1.165, 1.54) is 0 Å². The van der Waals surface area contributed by atoms with E-state index in [1.807, 2.05) is 33.2 Å². The summed E-state index contributed by atoms with van der Waals surface area (Å²) in [5.41, 5.74) is 5.21. The highest BCUT2D eigenvalue weighted by molar-refractivity contribution is 5.92. The van der Waals surface area contributed by atoms with Crippen LogP contribution in [-0.2, 0) is 18.3 Å². The van der Waals surface area contributed by atoms with Crippen LogP contribution in [0.1, 0.15) is 54.0 Å². The standard InChI is InChI=1S/C27H32N10O2/c1-17(2)37-14-25(33-34-37)26(38)31-24-7-9-36(21-15-39-16-21)12-19-10-18(4-5-22(19)24)23-6-8-28-27(32-23)30-20-11-29-35(3)13-20/h4-6,8,10-11,13-14,17,21,24H,7,9,12,15-16H2,1-3H3,(H,31,38)(H,28,30,32)/t24-/m0/s1. The lowest BCUT2D eigenvalue weighted by Gasteiger charge is -2.36. The molecule has 2 N–H and O–H groups in total. The van der Waals surface area contributed by atoms with Gasteiger partial charge in [-0.3, -0.25) is 14.4 Å². The predicted molar refractivity (Wildman–Crippen MR) is 144 cm³/mol. The molecule has 0 aliphatic carbocycles. The first kappa shape index (κ1) is 25.1. The average Bonchev–Trinajstić information content (AvgIpc) is 3.51. The van der Waals surface area contributed by atoms with Crippen molar-refractivity contribution >= 4 is 17.5 Å². The Bertz CT molecular complexity index is 1470. The molecule has 0 radical (unpaired) electrons. The van der Waals surface area contributed by atoms with Crippen molar-refractivity contribution in [3.05, 3.63) is 65.9 Å². The van der Waals surface area contributed by atoms with Gasteiger partial charge in [0.1, 0.15) is 0 Å². The minimum Gasteiger partial charge on any atom is -0.378 e. The maximum absolute atomic E-state index is 13.1. The number of carbonyl (C=O) groups is 1. The van der Waals surface area contributed by atoms with Gasteiger partial charge in [0.05, 0.1) is 49.1 Å². The maximum atomic E-state index is 13.1. The average molecular weight is 529 g/mol. The number of carbonyl (C=O) groups excluding carboxylic acids is 1. The first-order chi connectivity index (χ1) is 18.9. The molecular weight excluding hydrogens is 496 g/mol. The lowest BCUT2D eigenvalue weighted by atomic mass is 9.96. The van der Waals surface area contributed by atoms with E-state index in [1.54, 1.807) is 28.0 Å². The Morgan fingerprint density at radius 1 is 1.18 bits per heavy atom. The Morgan fingerprint density at radius 3 is 2.77 bits per heavy atom. The molecule has 1 fully saturated rings. The van der Waals surface area contributed by atoms with E-state index in [4.69, 9.17) is 9.72 Å². The van der Waals surface area contributed by atoms with Gasteiger partial charge in [0, 0.05) is 44.1 Å². The molecule has 39 heavy (non-hydrogen) atoms. The van der Waals surface area contributed by atoms with Crippen LogP contribution in [0.3, 0.4) is 0 Å². The number of fused-ring (bicyclic) bond motifs is 1. The van der Waals surface area contributed by atoms with Crippen LogP contribution < -0.4 is 10.6 Å². The van der Waals surface area contributed by atoms with Crippen molar-refractivity contribution in [3.8, 4) is 11.3 Å². The van der Waals surface area contributed by atoms with E-state index in [0.29, 0.717) is 17.7 Å². The second-order valence-electron chi connectivity index (χ2n) is 10.4. The fourth-order valence-corrected chi connectivity index (χ4v) is 4.95.